The summed E-state index contributed by atoms with van der Waals surface area (Å²) in [6, 6.07) is 15.7. The summed E-state index contributed by atoms with van der Waals surface area (Å²) in [5.41, 5.74) is 1.52. The van der Waals surface area contributed by atoms with Crippen LogP contribution in [0, 0.1) is 0 Å². The molecule has 0 fully saturated rings. The maximum atomic E-state index is 12.3. The molecule has 3 heterocycles. The van der Waals surface area contributed by atoms with Gasteiger partial charge in [0, 0.05) is 17.8 Å². The molecular formula is C19H15ClN6O2. The zero-order valence-corrected chi connectivity index (χ0v) is 15.4. The van der Waals surface area contributed by atoms with Crippen molar-refractivity contribution in [2.24, 2.45) is 0 Å². The monoisotopic (exact) mass is 394 g/mol. The lowest BCUT2D eigenvalue weighted by Gasteiger charge is -2.08. The first-order chi connectivity index (χ1) is 13.6. The molecule has 3 aromatic heterocycles. The van der Waals surface area contributed by atoms with Gasteiger partial charge in [0.2, 0.25) is 5.91 Å². The zero-order valence-electron chi connectivity index (χ0n) is 14.6. The Kier molecular flexibility index (Phi) is 4.86. The van der Waals surface area contributed by atoms with Gasteiger partial charge in [0.25, 0.3) is 5.56 Å². The van der Waals surface area contributed by atoms with Crippen molar-refractivity contribution in [1.82, 2.24) is 29.7 Å². The fraction of sp³-hybridized carbons (Fsp3) is 0.105. The number of nitrogens with zero attached hydrogens (tertiary/aromatic N) is 5. The molecule has 9 heteroatoms. The lowest BCUT2D eigenvalue weighted by Crippen LogP contribution is -2.33. The lowest BCUT2D eigenvalue weighted by atomic mass is 10.1. The smallest absolute Gasteiger partial charge is 0.267 e. The first kappa shape index (κ1) is 17.9. The summed E-state index contributed by atoms with van der Waals surface area (Å²) in [5.74, 6) is 0.229. The standard InChI is InChI=1S/C19H15ClN6O2/c20-14-6-2-1-5-13(14)15-8-9-19(28)26(24-15)12-18(27)21-11-17-23-22-16-7-3-4-10-25(16)17/h1-10H,11-12H2,(H,21,27). The number of hydrogen-bond acceptors (Lipinski definition) is 5. The van der Waals surface area contributed by atoms with Gasteiger partial charge in [-0.25, -0.2) is 4.68 Å². The third kappa shape index (κ3) is 3.63. The summed E-state index contributed by atoms with van der Waals surface area (Å²) in [7, 11) is 0. The highest BCUT2D eigenvalue weighted by Gasteiger charge is 2.11. The Labute approximate surface area is 164 Å². The Morgan fingerprint density at radius 2 is 1.86 bits per heavy atom. The Hall–Kier alpha value is -3.52. The molecule has 1 aromatic carbocycles. The summed E-state index contributed by atoms with van der Waals surface area (Å²) in [4.78, 5) is 24.4. The number of hydrogen-bond donors (Lipinski definition) is 1. The van der Waals surface area contributed by atoms with Crippen molar-refractivity contribution in [2.45, 2.75) is 13.1 Å². The quantitative estimate of drug-likeness (QED) is 0.558. The van der Waals surface area contributed by atoms with Crippen molar-refractivity contribution < 1.29 is 4.79 Å². The van der Waals surface area contributed by atoms with Crippen LogP contribution in [0.2, 0.25) is 5.02 Å². The van der Waals surface area contributed by atoms with Crippen LogP contribution in [0.1, 0.15) is 5.82 Å². The molecule has 4 aromatic rings. The predicted octanol–water partition coefficient (Wildman–Crippen LogP) is 1.92. The van der Waals surface area contributed by atoms with Crippen molar-refractivity contribution in [3.05, 3.63) is 82.0 Å². The molecule has 0 unspecified atom stereocenters. The van der Waals surface area contributed by atoms with Crippen LogP contribution in [0.3, 0.4) is 0 Å². The van der Waals surface area contributed by atoms with Gasteiger partial charge in [0.05, 0.1) is 17.3 Å². The van der Waals surface area contributed by atoms with E-state index in [1.807, 2.05) is 36.5 Å². The van der Waals surface area contributed by atoms with Gasteiger partial charge < -0.3 is 5.32 Å². The molecule has 0 spiro atoms. The predicted molar refractivity (Wildman–Crippen MR) is 104 cm³/mol. The van der Waals surface area contributed by atoms with E-state index in [1.165, 1.54) is 6.07 Å². The number of amides is 1. The summed E-state index contributed by atoms with van der Waals surface area (Å²) in [6.45, 7) is -0.0309. The van der Waals surface area contributed by atoms with E-state index >= 15 is 0 Å². The number of aromatic nitrogens is 5. The molecule has 0 aliphatic carbocycles. The van der Waals surface area contributed by atoms with Crippen LogP contribution in [0.5, 0.6) is 0 Å². The third-order valence-corrected chi connectivity index (χ3v) is 4.47. The molecular weight excluding hydrogens is 380 g/mol. The second-order valence-corrected chi connectivity index (χ2v) is 6.42. The molecule has 0 saturated carbocycles. The topological polar surface area (TPSA) is 94.2 Å². The van der Waals surface area contributed by atoms with Crippen molar-refractivity contribution in [3.63, 3.8) is 0 Å². The van der Waals surface area contributed by atoms with Crippen LogP contribution < -0.4 is 10.9 Å². The van der Waals surface area contributed by atoms with Crippen molar-refractivity contribution in [2.75, 3.05) is 0 Å². The highest BCUT2D eigenvalue weighted by Crippen LogP contribution is 2.24. The molecule has 0 saturated heterocycles. The number of rotatable bonds is 5. The van der Waals surface area contributed by atoms with Gasteiger partial charge in [-0.15, -0.1) is 10.2 Å². The van der Waals surface area contributed by atoms with Crippen molar-refractivity contribution >= 4 is 23.2 Å². The molecule has 4 rings (SSSR count). The van der Waals surface area contributed by atoms with Crippen molar-refractivity contribution in [3.8, 4) is 11.3 Å². The van der Waals surface area contributed by atoms with E-state index in [0.717, 1.165) is 4.68 Å². The molecule has 0 radical (unpaired) electrons. The van der Waals surface area contributed by atoms with E-state index in [1.54, 1.807) is 22.6 Å². The van der Waals surface area contributed by atoms with E-state index < -0.39 is 0 Å². The van der Waals surface area contributed by atoms with E-state index in [9.17, 15) is 9.59 Å². The summed E-state index contributed by atoms with van der Waals surface area (Å²) in [6.07, 6.45) is 1.82. The second kappa shape index (κ2) is 7.61. The van der Waals surface area contributed by atoms with Gasteiger partial charge in [0.1, 0.15) is 6.54 Å². The van der Waals surface area contributed by atoms with Gasteiger partial charge in [-0.3, -0.25) is 14.0 Å². The summed E-state index contributed by atoms with van der Waals surface area (Å²) < 4.78 is 2.89. The van der Waals surface area contributed by atoms with Crippen LogP contribution in [0.25, 0.3) is 16.9 Å². The second-order valence-electron chi connectivity index (χ2n) is 6.02. The van der Waals surface area contributed by atoms with Crippen LogP contribution in [0.4, 0.5) is 0 Å². The van der Waals surface area contributed by atoms with E-state index in [-0.39, 0.29) is 24.6 Å². The number of benzene rings is 1. The molecule has 0 atom stereocenters. The average Bonchev–Trinajstić information content (AvgIpc) is 3.12. The average molecular weight is 395 g/mol. The first-order valence-electron chi connectivity index (χ1n) is 8.50. The van der Waals surface area contributed by atoms with Crippen LogP contribution in [-0.4, -0.2) is 30.3 Å². The van der Waals surface area contributed by atoms with Gasteiger partial charge >= 0.3 is 0 Å². The largest absolute Gasteiger partial charge is 0.347 e. The minimum Gasteiger partial charge on any atom is -0.347 e. The fourth-order valence-corrected chi connectivity index (χ4v) is 2.99. The number of pyridine rings is 1. The molecule has 140 valence electrons. The number of halogens is 1. The molecule has 1 N–H and O–H groups in total. The van der Waals surface area contributed by atoms with Gasteiger partial charge in [-0.05, 0) is 24.3 Å². The number of nitrogens with one attached hydrogen (secondary N) is 1. The van der Waals surface area contributed by atoms with Crippen LogP contribution >= 0.6 is 11.6 Å². The number of carbonyl (C=O) groups is 1. The molecule has 1 amide bonds. The lowest BCUT2D eigenvalue weighted by molar-refractivity contribution is -0.122. The number of carbonyl (C=O) groups excluding carboxylic acids is 1. The first-order valence-corrected chi connectivity index (χ1v) is 8.88. The summed E-state index contributed by atoms with van der Waals surface area (Å²) in [5, 5.41) is 15.6. The fourth-order valence-electron chi connectivity index (χ4n) is 2.76. The molecule has 28 heavy (non-hydrogen) atoms. The minimum atomic E-state index is -0.376. The molecule has 0 aliphatic heterocycles. The van der Waals surface area contributed by atoms with E-state index in [0.29, 0.717) is 27.8 Å². The van der Waals surface area contributed by atoms with Crippen LogP contribution in [-0.2, 0) is 17.9 Å². The van der Waals surface area contributed by atoms with Crippen molar-refractivity contribution in [1.29, 1.82) is 0 Å². The zero-order chi connectivity index (χ0) is 19.5. The molecule has 0 aliphatic rings. The van der Waals surface area contributed by atoms with E-state index in [2.05, 4.69) is 20.6 Å². The Balaban J connectivity index is 1.49. The third-order valence-electron chi connectivity index (χ3n) is 4.14. The highest BCUT2D eigenvalue weighted by molar-refractivity contribution is 6.33. The van der Waals surface area contributed by atoms with E-state index in [4.69, 9.17) is 11.6 Å². The Morgan fingerprint density at radius 1 is 1.04 bits per heavy atom. The maximum Gasteiger partial charge on any atom is 0.267 e. The SMILES string of the molecule is O=C(Cn1nc(-c2ccccc2Cl)ccc1=O)NCc1nnc2ccccn12. The van der Waals surface area contributed by atoms with Gasteiger partial charge in [-0.2, -0.15) is 5.10 Å². The number of fused-ring (bicyclic) bond motifs is 1. The maximum absolute atomic E-state index is 12.3. The van der Waals surface area contributed by atoms with Gasteiger partial charge in [-0.1, -0.05) is 35.9 Å². The highest BCUT2D eigenvalue weighted by atomic mass is 35.5. The Morgan fingerprint density at radius 3 is 2.71 bits per heavy atom. The molecule has 0 bridgehead atoms. The normalized spacial score (nSPS) is 10.9. The molecule has 8 nitrogen and oxygen atoms in total. The van der Waals surface area contributed by atoms with Crippen LogP contribution in [0.15, 0.2) is 65.6 Å². The van der Waals surface area contributed by atoms with Gasteiger partial charge in [0.15, 0.2) is 11.5 Å². The summed E-state index contributed by atoms with van der Waals surface area (Å²) >= 11 is 6.19. The Bertz CT molecular complexity index is 1220. The minimum absolute atomic E-state index is 0.183.